The van der Waals surface area contributed by atoms with E-state index in [1.165, 1.54) is 18.3 Å². The van der Waals surface area contributed by atoms with Crippen LogP contribution in [0, 0.1) is 10.1 Å². The van der Waals surface area contributed by atoms with Crippen LogP contribution in [0.2, 0.25) is 0 Å². The Hall–Kier alpha value is -2.51. The molecular formula is C11H11N3O5. The van der Waals surface area contributed by atoms with Gasteiger partial charge < -0.3 is 10.0 Å². The number of nitro groups is 1. The molecule has 0 radical (unpaired) electrons. The molecule has 0 saturated carbocycles. The van der Waals surface area contributed by atoms with Crippen molar-refractivity contribution in [2.24, 2.45) is 0 Å². The minimum atomic E-state index is -1.11. The summed E-state index contributed by atoms with van der Waals surface area (Å²) in [5.74, 6) is -1.82. The molecule has 0 spiro atoms. The van der Waals surface area contributed by atoms with Gasteiger partial charge in [0.25, 0.3) is 5.91 Å². The number of hydrogen-bond donors (Lipinski definition) is 1. The highest BCUT2D eigenvalue weighted by atomic mass is 16.6. The van der Waals surface area contributed by atoms with Crippen LogP contribution in [0.25, 0.3) is 0 Å². The Morgan fingerprint density at radius 3 is 2.89 bits per heavy atom. The number of aromatic nitrogens is 1. The maximum absolute atomic E-state index is 12.2. The average molecular weight is 265 g/mol. The van der Waals surface area contributed by atoms with Crippen molar-refractivity contribution >= 4 is 17.6 Å². The third kappa shape index (κ3) is 2.37. The lowest BCUT2D eigenvalue weighted by molar-refractivity contribution is -0.385. The number of nitrogens with zero attached hydrogens (tertiary/aromatic N) is 3. The number of hydrogen-bond acceptors (Lipinski definition) is 5. The number of amides is 1. The molecule has 19 heavy (non-hydrogen) atoms. The Morgan fingerprint density at radius 1 is 1.53 bits per heavy atom. The SMILES string of the molecule is O=C(O)C1CCCN1C(=O)c1ncccc1[N+](=O)[O-]. The van der Waals surface area contributed by atoms with E-state index in [2.05, 4.69) is 4.98 Å². The highest BCUT2D eigenvalue weighted by molar-refractivity contribution is 5.98. The molecule has 100 valence electrons. The molecule has 8 nitrogen and oxygen atoms in total. The minimum Gasteiger partial charge on any atom is -0.480 e. The topological polar surface area (TPSA) is 114 Å². The molecule has 0 aromatic carbocycles. The smallest absolute Gasteiger partial charge is 0.326 e. The lowest BCUT2D eigenvalue weighted by Gasteiger charge is -2.20. The Morgan fingerprint density at radius 2 is 2.26 bits per heavy atom. The average Bonchev–Trinajstić information content (AvgIpc) is 2.87. The van der Waals surface area contributed by atoms with Crippen LogP contribution in [0.5, 0.6) is 0 Å². The summed E-state index contributed by atoms with van der Waals surface area (Å²) in [6.07, 6.45) is 2.18. The molecule has 8 heteroatoms. The van der Waals surface area contributed by atoms with Gasteiger partial charge in [-0.05, 0) is 18.9 Å². The van der Waals surface area contributed by atoms with Crippen molar-refractivity contribution in [1.82, 2.24) is 9.88 Å². The third-order valence-corrected chi connectivity index (χ3v) is 2.98. The van der Waals surface area contributed by atoms with Gasteiger partial charge in [-0.25, -0.2) is 9.78 Å². The van der Waals surface area contributed by atoms with Gasteiger partial charge >= 0.3 is 11.7 Å². The standard InChI is InChI=1S/C11H11N3O5/c15-10(13-6-2-4-8(13)11(16)17)9-7(14(18)19)3-1-5-12-9/h1,3,5,8H,2,4,6H2,(H,16,17). The van der Waals surface area contributed by atoms with E-state index in [0.29, 0.717) is 12.8 Å². The monoisotopic (exact) mass is 265 g/mol. The fourth-order valence-electron chi connectivity index (χ4n) is 2.11. The number of aliphatic carboxylic acids is 1. The zero-order chi connectivity index (χ0) is 14.0. The van der Waals surface area contributed by atoms with E-state index in [0.717, 1.165) is 4.90 Å². The van der Waals surface area contributed by atoms with E-state index in [4.69, 9.17) is 5.11 Å². The quantitative estimate of drug-likeness (QED) is 0.635. The van der Waals surface area contributed by atoms with Crippen LogP contribution in [0.15, 0.2) is 18.3 Å². The Labute approximate surface area is 107 Å². The maximum Gasteiger partial charge on any atom is 0.326 e. The first-order valence-corrected chi connectivity index (χ1v) is 5.65. The van der Waals surface area contributed by atoms with Crippen LogP contribution in [0.4, 0.5) is 5.69 Å². The summed E-state index contributed by atoms with van der Waals surface area (Å²) in [4.78, 5) is 38.2. The number of carboxylic acids is 1. The van der Waals surface area contributed by atoms with Crippen molar-refractivity contribution in [2.75, 3.05) is 6.54 Å². The van der Waals surface area contributed by atoms with Crippen molar-refractivity contribution in [3.63, 3.8) is 0 Å². The second kappa shape index (κ2) is 5.01. The van der Waals surface area contributed by atoms with Crippen molar-refractivity contribution < 1.29 is 19.6 Å². The molecule has 1 aromatic heterocycles. The van der Waals surface area contributed by atoms with Gasteiger partial charge in [-0.3, -0.25) is 14.9 Å². The lowest BCUT2D eigenvalue weighted by Crippen LogP contribution is -2.40. The van der Waals surface area contributed by atoms with Crippen molar-refractivity contribution in [2.45, 2.75) is 18.9 Å². The molecule has 1 unspecified atom stereocenters. The molecule has 0 bridgehead atoms. The van der Waals surface area contributed by atoms with Gasteiger partial charge in [0, 0.05) is 18.8 Å². The first-order chi connectivity index (χ1) is 9.02. The fourth-order valence-corrected chi connectivity index (χ4v) is 2.11. The van der Waals surface area contributed by atoms with Crippen LogP contribution in [-0.2, 0) is 4.79 Å². The third-order valence-electron chi connectivity index (χ3n) is 2.98. The highest BCUT2D eigenvalue weighted by Crippen LogP contribution is 2.23. The van der Waals surface area contributed by atoms with Crippen molar-refractivity contribution in [3.05, 3.63) is 34.1 Å². The highest BCUT2D eigenvalue weighted by Gasteiger charge is 2.37. The maximum atomic E-state index is 12.2. The number of rotatable bonds is 3. The van der Waals surface area contributed by atoms with Gasteiger partial charge in [0.15, 0.2) is 0 Å². The van der Waals surface area contributed by atoms with Crippen LogP contribution in [0.1, 0.15) is 23.3 Å². The van der Waals surface area contributed by atoms with E-state index >= 15 is 0 Å². The van der Waals surface area contributed by atoms with Gasteiger partial charge in [-0.2, -0.15) is 0 Å². The summed E-state index contributed by atoms with van der Waals surface area (Å²) in [5, 5.41) is 19.8. The molecule has 0 aliphatic carbocycles. The predicted molar refractivity (Wildman–Crippen MR) is 62.6 cm³/mol. The molecule has 1 amide bonds. The predicted octanol–water partition coefficient (Wildman–Crippen LogP) is 0.679. The minimum absolute atomic E-state index is 0.267. The first-order valence-electron chi connectivity index (χ1n) is 5.65. The van der Waals surface area contributed by atoms with Crippen LogP contribution < -0.4 is 0 Å². The number of pyridine rings is 1. The summed E-state index contributed by atoms with van der Waals surface area (Å²) < 4.78 is 0. The fraction of sp³-hybridized carbons (Fsp3) is 0.364. The molecule has 1 aliphatic rings. The molecule has 1 aliphatic heterocycles. The van der Waals surface area contributed by atoms with Crippen molar-refractivity contribution in [3.8, 4) is 0 Å². The molecule has 1 aromatic rings. The van der Waals surface area contributed by atoms with E-state index in [1.807, 2.05) is 0 Å². The summed E-state index contributed by atoms with van der Waals surface area (Å²) in [7, 11) is 0. The summed E-state index contributed by atoms with van der Waals surface area (Å²) in [5.41, 5.74) is -0.732. The number of carbonyl (C=O) groups excluding carboxylic acids is 1. The van der Waals surface area contributed by atoms with Gasteiger partial charge in [0.05, 0.1) is 4.92 Å². The molecular weight excluding hydrogens is 254 g/mol. The van der Waals surface area contributed by atoms with Crippen LogP contribution in [0.3, 0.4) is 0 Å². The summed E-state index contributed by atoms with van der Waals surface area (Å²) >= 11 is 0. The zero-order valence-corrected chi connectivity index (χ0v) is 9.85. The van der Waals surface area contributed by atoms with E-state index in [-0.39, 0.29) is 12.2 Å². The van der Waals surface area contributed by atoms with Gasteiger partial charge in [0.1, 0.15) is 6.04 Å². The second-order valence-corrected chi connectivity index (χ2v) is 4.12. The molecule has 1 saturated heterocycles. The normalized spacial score (nSPS) is 18.3. The second-order valence-electron chi connectivity index (χ2n) is 4.12. The Balaban J connectivity index is 2.34. The molecule has 2 rings (SSSR count). The van der Waals surface area contributed by atoms with Gasteiger partial charge in [-0.15, -0.1) is 0 Å². The number of carbonyl (C=O) groups is 2. The van der Waals surface area contributed by atoms with Crippen molar-refractivity contribution in [1.29, 1.82) is 0 Å². The van der Waals surface area contributed by atoms with E-state index < -0.39 is 28.5 Å². The number of likely N-dealkylation sites (tertiary alicyclic amines) is 1. The van der Waals surface area contributed by atoms with Gasteiger partial charge in [0.2, 0.25) is 5.69 Å². The van der Waals surface area contributed by atoms with E-state index in [1.54, 1.807) is 0 Å². The molecule has 1 fully saturated rings. The summed E-state index contributed by atoms with van der Waals surface area (Å²) in [6.45, 7) is 0.267. The zero-order valence-electron chi connectivity index (χ0n) is 9.85. The Bertz CT molecular complexity index is 545. The first kappa shape index (κ1) is 12.9. The molecule has 2 heterocycles. The molecule has 1 atom stereocenters. The van der Waals surface area contributed by atoms with Crippen LogP contribution >= 0.6 is 0 Å². The van der Waals surface area contributed by atoms with Crippen LogP contribution in [-0.4, -0.2) is 44.4 Å². The number of carboxylic acid groups (broad SMARTS) is 1. The van der Waals surface area contributed by atoms with Gasteiger partial charge in [-0.1, -0.05) is 0 Å². The summed E-state index contributed by atoms with van der Waals surface area (Å²) in [6, 6.07) is 1.59. The lowest BCUT2D eigenvalue weighted by atomic mass is 10.2. The largest absolute Gasteiger partial charge is 0.480 e. The Kier molecular flexibility index (Phi) is 3.41. The van der Waals surface area contributed by atoms with E-state index in [9.17, 15) is 19.7 Å². The molecule has 1 N–H and O–H groups in total.